The molecule has 0 fully saturated rings. The molecule has 0 spiro atoms. The lowest BCUT2D eigenvalue weighted by atomic mass is 9.88. The summed E-state index contributed by atoms with van der Waals surface area (Å²) in [6.45, 7) is 1.15. The molecule has 44 heavy (non-hydrogen) atoms. The first-order valence-electron chi connectivity index (χ1n) is 15.1. The molecule has 2 atom stereocenters. The van der Waals surface area contributed by atoms with Gasteiger partial charge in [0.15, 0.2) is 0 Å². The Hall–Kier alpha value is -4.22. The average molecular weight is 603 g/mol. The van der Waals surface area contributed by atoms with Gasteiger partial charge in [0.05, 0.1) is 0 Å². The molecule has 4 aromatic rings. The smallest absolute Gasteiger partial charge is 0.320 e. The standard InChI is InChI=1S/C34H42N4O6/c35-15-7-5-13-27(33(41)42)37-19-23-17-21-9-1-3-11-25(21)29(31(23)39)30-26-12-4-2-10-22(26)18-24(32(30)40)20-38-28(34(43)44)14-6-8-16-36/h1-4,9-12,17-18,27-28,37-40H,5-8,13-16,19-20,35-36H2,(H,41,42)(H,43,44)/t27-,28-/m0/s1. The van der Waals surface area contributed by atoms with Gasteiger partial charge in [-0.3, -0.25) is 9.59 Å². The van der Waals surface area contributed by atoms with Crippen molar-refractivity contribution in [2.45, 2.75) is 63.7 Å². The van der Waals surface area contributed by atoms with Gasteiger partial charge >= 0.3 is 11.9 Å². The monoisotopic (exact) mass is 602 g/mol. The summed E-state index contributed by atoms with van der Waals surface area (Å²) in [6, 6.07) is 17.0. The second-order valence-electron chi connectivity index (χ2n) is 11.1. The molecular weight excluding hydrogens is 560 g/mol. The summed E-state index contributed by atoms with van der Waals surface area (Å²) < 4.78 is 0. The van der Waals surface area contributed by atoms with E-state index in [9.17, 15) is 30.0 Å². The number of nitrogens with one attached hydrogen (secondary N) is 2. The fourth-order valence-electron chi connectivity index (χ4n) is 5.64. The Balaban J connectivity index is 1.80. The topological polar surface area (TPSA) is 191 Å². The first kappa shape index (κ1) is 32.7. The molecule has 0 aliphatic heterocycles. The van der Waals surface area contributed by atoms with Crippen LogP contribution < -0.4 is 22.1 Å². The van der Waals surface area contributed by atoms with E-state index in [1.807, 2.05) is 60.7 Å². The second-order valence-corrected chi connectivity index (χ2v) is 11.1. The number of aliphatic carboxylic acids is 2. The molecule has 0 aromatic heterocycles. The highest BCUT2D eigenvalue weighted by Crippen LogP contribution is 2.47. The van der Waals surface area contributed by atoms with Gasteiger partial charge in [-0.1, -0.05) is 61.4 Å². The van der Waals surface area contributed by atoms with Crippen LogP contribution in [-0.2, 0) is 22.7 Å². The van der Waals surface area contributed by atoms with Crippen LogP contribution in [0.1, 0.15) is 49.7 Å². The zero-order chi connectivity index (χ0) is 31.6. The van der Waals surface area contributed by atoms with Crippen LogP contribution in [0.3, 0.4) is 0 Å². The predicted octanol–water partition coefficient (Wildman–Crippen LogP) is 4.41. The molecule has 0 amide bonds. The summed E-state index contributed by atoms with van der Waals surface area (Å²) in [7, 11) is 0. The molecule has 4 rings (SSSR count). The normalized spacial score (nSPS) is 12.9. The van der Waals surface area contributed by atoms with Crippen molar-refractivity contribution < 1.29 is 30.0 Å². The molecule has 10 nitrogen and oxygen atoms in total. The summed E-state index contributed by atoms with van der Waals surface area (Å²) in [5.41, 5.74) is 13.0. The summed E-state index contributed by atoms with van der Waals surface area (Å²) >= 11 is 0. The minimum atomic E-state index is -0.978. The lowest BCUT2D eigenvalue weighted by Crippen LogP contribution is -2.36. The molecule has 0 heterocycles. The average Bonchev–Trinajstić information content (AvgIpc) is 3.01. The van der Waals surface area contributed by atoms with Gasteiger partial charge in [-0.05, 0) is 72.5 Å². The van der Waals surface area contributed by atoms with Gasteiger partial charge in [0.1, 0.15) is 23.6 Å². The molecule has 0 bridgehead atoms. The highest BCUT2D eigenvalue weighted by Gasteiger charge is 2.24. The maximum Gasteiger partial charge on any atom is 0.320 e. The molecule has 0 saturated heterocycles. The number of unbranched alkanes of at least 4 members (excludes halogenated alkanes) is 2. The highest BCUT2D eigenvalue weighted by molar-refractivity contribution is 6.10. The highest BCUT2D eigenvalue weighted by atomic mass is 16.4. The van der Waals surface area contributed by atoms with E-state index in [4.69, 9.17) is 11.5 Å². The van der Waals surface area contributed by atoms with Crippen LogP contribution in [0, 0.1) is 0 Å². The molecule has 4 aromatic carbocycles. The van der Waals surface area contributed by atoms with Crippen LogP contribution in [0.2, 0.25) is 0 Å². The third-order valence-corrected chi connectivity index (χ3v) is 8.02. The van der Waals surface area contributed by atoms with Crippen molar-refractivity contribution >= 4 is 33.5 Å². The van der Waals surface area contributed by atoms with Gasteiger partial charge in [-0.15, -0.1) is 0 Å². The zero-order valence-electron chi connectivity index (χ0n) is 24.8. The molecule has 0 aliphatic carbocycles. The second kappa shape index (κ2) is 15.5. The van der Waals surface area contributed by atoms with Gasteiger partial charge in [0.25, 0.3) is 0 Å². The van der Waals surface area contributed by atoms with Crippen molar-refractivity contribution in [1.29, 1.82) is 0 Å². The fraction of sp³-hybridized carbons (Fsp3) is 0.353. The Kier molecular flexibility index (Phi) is 11.5. The van der Waals surface area contributed by atoms with E-state index in [0.717, 1.165) is 23.6 Å². The maximum atomic E-state index is 11.9. The largest absolute Gasteiger partial charge is 0.507 e. The zero-order valence-corrected chi connectivity index (χ0v) is 24.8. The molecule has 0 unspecified atom stereocenters. The van der Waals surface area contributed by atoms with Crippen LogP contribution in [-0.4, -0.2) is 57.5 Å². The molecule has 10 heteroatoms. The van der Waals surface area contributed by atoms with Crippen molar-refractivity contribution in [2.24, 2.45) is 11.5 Å². The van der Waals surface area contributed by atoms with E-state index in [-0.39, 0.29) is 24.6 Å². The van der Waals surface area contributed by atoms with E-state index >= 15 is 0 Å². The first-order valence-corrected chi connectivity index (χ1v) is 15.1. The van der Waals surface area contributed by atoms with Crippen LogP contribution >= 0.6 is 0 Å². The Morgan fingerprint density at radius 3 is 1.39 bits per heavy atom. The van der Waals surface area contributed by atoms with Crippen LogP contribution in [0.5, 0.6) is 11.5 Å². The van der Waals surface area contributed by atoms with Crippen molar-refractivity contribution in [2.75, 3.05) is 13.1 Å². The SMILES string of the molecule is NCCCC[C@H](NCc1cc2ccccc2c(-c2c(O)c(CN[C@@H](CCCCN)C(=O)O)cc3ccccc23)c1O)C(=O)O. The number of aromatic hydroxyl groups is 2. The Labute approximate surface area is 256 Å². The fourth-order valence-corrected chi connectivity index (χ4v) is 5.64. The number of nitrogens with two attached hydrogens (primary N) is 2. The molecule has 234 valence electrons. The number of hydrogen-bond acceptors (Lipinski definition) is 8. The van der Waals surface area contributed by atoms with Gasteiger partial charge in [0.2, 0.25) is 0 Å². The molecule has 0 saturated carbocycles. The number of rotatable bonds is 17. The van der Waals surface area contributed by atoms with Gasteiger partial charge < -0.3 is 42.5 Å². The number of carboxylic acids is 2. The van der Waals surface area contributed by atoms with Gasteiger partial charge in [-0.2, -0.15) is 0 Å². The van der Waals surface area contributed by atoms with Crippen LogP contribution in [0.4, 0.5) is 0 Å². The molecule has 0 aliphatic rings. The number of phenolic OH excluding ortho intramolecular Hbond substituents is 2. The third-order valence-electron chi connectivity index (χ3n) is 8.02. The summed E-state index contributed by atoms with van der Waals surface area (Å²) in [5, 5.41) is 52.2. The van der Waals surface area contributed by atoms with E-state index in [2.05, 4.69) is 10.6 Å². The number of fused-ring (bicyclic) bond motifs is 2. The van der Waals surface area contributed by atoms with Crippen molar-refractivity contribution in [1.82, 2.24) is 10.6 Å². The lowest BCUT2D eigenvalue weighted by Gasteiger charge is -2.21. The summed E-state index contributed by atoms with van der Waals surface area (Å²) in [5.74, 6) is -2.10. The van der Waals surface area contributed by atoms with Gasteiger partial charge in [-0.25, -0.2) is 0 Å². The van der Waals surface area contributed by atoms with E-state index in [0.29, 0.717) is 71.8 Å². The number of carboxylic acid groups (broad SMARTS) is 2. The van der Waals surface area contributed by atoms with Crippen LogP contribution in [0.15, 0.2) is 60.7 Å². The number of carbonyl (C=O) groups is 2. The third kappa shape index (κ3) is 7.64. The summed E-state index contributed by atoms with van der Waals surface area (Å²) in [6.07, 6.45) is 3.55. The quantitative estimate of drug-likeness (QED) is 0.0803. The molecule has 10 N–H and O–H groups in total. The Bertz CT molecular complexity index is 1490. The van der Waals surface area contributed by atoms with Crippen LogP contribution in [0.25, 0.3) is 32.7 Å². The van der Waals surface area contributed by atoms with Crippen molar-refractivity contribution in [3.63, 3.8) is 0 Å². The molecule has 0 radical (unpaired) electrons. The van der Waals surface area contributed by atoms with Gasteiger partial charge in [0, 0.05) is 35.3 Å². The number of phenols is 2. The molecular formula is C34H42N4O6. The number of hydrogen-bond donors (Lipinski definition) is 8. The minimum Gasteiger partial charge on any atom is -0.507 e. The Morgan fingerprint density at radius 2 is 1.02 bits per heavy atom. The Morgan fingerprint density at radius 1 is 0.636 bits per heavy atom. The lowest BCUT2D eigenvalue weighted by molar-refractivity contribution is -0.140. The predicted molar refractivity (Wildman–Crippen MR) is 173 cm³/mol. The van der Waals surface area contributed by atoms with E-state index < -0.39 is 24.0 Å². The maximum absolute atomic E-state index is 11.9. The van der Waals surface area contributed by atoms with Crippen molar-refractivity contribution in [3.05, 3.63) is 71.8 Å². The minimum absolute atomic E-state index is 0.0712. The van der Waals surface area contributed by atoms with Crippen molar-refractivity contribution in [3.8, 4) is 22.6 Å². The first-order chi connectivity index (χ1) is 21.3. The van der Waals surface area contributed by atoms with E-state index in [1.54, 1.807) is 0 Å². The summed E-state index contributed by atoms with van der Waals surface area (Å²) in [4.78, 5) is 23.8. The number of benzene rings is 4. The van der Waals surface area contributed by atoms with E-state index in [1.165, 1.54) is 0 Å².